The van der Waals surface area contributed by atoms with Crippen molar-refractivity contribution in [2.24, 2.45) is 7.05 Å². The van der Waals surface area contributed by atoms with E-state index in [0.29, 0.717) is 6.04 Å². The summed E-state index contributed by atoms with van der Waals surface area (Å²) in [6, 6.07) is 4.39. The largest absolute Gasteiger partial charge is 0.350 e. The number of anilines is 1. The molecule has 0 spiro atoms. The minimum atomic E-state index is 0.404. The van der Waals surface area contributed by atoms with Crippen molar-refractivity contribution in [2.75, 3.05) is 24.5 Å². The van der Waals surface area contributed by atoms with Crippen molar-refractivity contribution in [3.8, 4) is 0 Å². The van der Waals surface area contributed by atoms with E-state index in [1.165, 1.54) is 5.56 Å². The highest BCUT2D eigenvalue weighted by Crippen LogP contribution is 2.19. The van der Waals surface area contributed by atoms with E-state index in [0.717, 1.165) is 37.6 Å². The third-order valence-corrected chi connectivity index (χ3v) is 4.32. The molecule has 0 radical (unpaired) electrons. The molecule has 8 heteroatoms. The zero-order valence-electron chi connectivity index (χ0n) is 13.4. The fraction of sp³-hybridized carbons (Fsp3) is 0.467. The molecule has 0 amide bonds. The molecule has 1 atom stereocenters. The van der Waals surface area contributed by atoms with Crippen molar-refractivity contribution < 1.29 is 0 Å². The Morgan fingerprint density at radius 1 is 1.26 bits per heavy atom. The van der Waals surface area contributed by atoms with Crippen LogP contribution in [0.2, 0.25) is 0 Å². The van der Waals surface area contributed by atoms with Crippen LogP contribution in [-0.2, 0) is 13.6 Å². The molecule has 0 saturated carbocycles. The Labute approximate surface area is 134 Å². The van der Waals surface area contributed by atoms with Gasteiger partial charge >= 0.3 is 0 Å². The van der Waals surface area contributed by atoms with E-state index in [2.05, 4.69) is 43.3 Å². The van der Waals surface area contributed by atoms with E-state index in [1.54, 1.807) is 10.8 Å². The number of fused-ring (bicyclic) bond motifs is 1. The summed E-state index contributed by atoms with van der Waals surface area (Å²) in [7, 11) is 1.96. The fourth-order valence-electron chi connectivity index (χ4n) is 3.20. The molecule has 0 N–H and O–H groups in total. The van der Waals surface area contributed by atoms with Gasteiger partial charge in [-0.05, 0) is 19.1 Å². The first-order valence-electron chi connectivity index (χ1n) is 7.82. The molecule has 1 saturated heterocycles. The van der Waals surface area contributed by atoms with Gasteiger partial charge in [0, 0.05) is 51.0 Å². The van der Waals surface area contributed by atoms with Crippen LogP contribution in [0.1, 0.15) is 12.5 Å². The highest BCUT2D eigenvalue weighted by molar-refractivity contribution is 5.46. The van der Waals surface area contributed by atoms with Gasteiger partial charge in [-0.2, -0.15) is 9.61 Å². The summed E-state index contributed by atoms with van der Waals surface area (Å²) in [6.45, 7) is 6.18. The van der Waals surface area contributed by atoms with Gasteiger partial charge in [0.2, 0.25) is 0 Å². The van der Waals surface area contributed by atoms with Crippen LogP contribution in [0.25, 0.3) is 5.65 Å². The van der Waals surface area contributed by atoms with Gasteiger partial charge < -0.3 is 4.90 Å². The maximum atomic E-state index is 4.61. The van der Waals surface area contributed by atoms with E-state index in [4.69, 9.17) is 0 Å². The molecule has 4 heterocycles. The van der Waals surface area contributed by atoms with Crippen molar-refractivity contribution in [1.29, 1.82) is 0 Å². The lowest BCUT2D eigenvalue weighted by molar-refractivity contribution is 0.220. The van der Waals surface area contributed by atoms with Crippen LogP contribution < -0.4 is 4.90 Å². The van der Waals surface area contributed by atoms with E-state index >= 15 is 0 Å². The fourth-order valence-corrected chi connectivity index (χ4v) is 3.20. The standard InChI is InChI=1S/C15H20N8/c1-12-8-21(10-13-7-17-20(2)9-13)5-6-22(12)15-4-3-14-18-16-11-23(14)19-15/h3-4,7,9,11-12H,5-6,8,10H2,1-2H3/t12-/m1/s1. The van der Waals surface area contributed by atoms with Crippen LogP contribution in [0.4, 0.5) is 5.82 Å². The van der Waals surface area contributed by atoms with E-state index < -0.39 is 0 Å². The Bertz CT molecular complexity index is 807. The van der Waals surface area contributed by atoms with Crippen molar-refractivity contribution in [1.82, 2.24) is 34.5 Å². The minimum Gasteiger partial charge on any atom is -0.350 e. The second kappa shape index (κ2) is 5.62. The Morgan fingerprint density at radius 3 is 2.96 bits per heavy atom. The average molecular weight is 312 g/mol. The van der Waals surface area contributed by atoms with Gasteiger partial charge in [-0.25, -0.2) is 0 Å². The van der Waals surface area contributed by atoms with Crippen LogP contribution in [0.3, 0.4) is 0 Å². The maximum Gasteiger partial charge on any atom is 0.177 e. The summed E-state index contributed by atoms with van der Waals surface area (Å²) in [5, 5.41) is 16.7. The average Bonchev–Trinajstić information content (AvgIpc) is 3.15. The smallest absolute Gasteiger partial charge is 0.177 e. The predicted octanol–water partition coefficient (Wildman–Crippen LogP) is 0.568. The zero-order valence-corrected chi connectivity index (χ0v) is 13.4. The molecule has 4 rings (SSSR count). The monoisotopic (exact) mass is 312 g/mol. The molecule has 120 valence electrons. The Balaban J connectivity index is 1.46. The molecule has 1 aliphatic rings. The van der Waals surface area contributed by atoms with E-state index in [9.17, 15) is 0 Å². The first kappa shape index (κ1) is 14.1. The number of hydrogen-bond donors (Lipinski definition) is 0. The molecular formula is C15H20N8. The lowest BCUT2D eigenvalue weighted by Crippen LogP contribution is -2.52. The van der Waals surface area contributed by atoms with Crippen LogP contribution in [0, 0.1) is 0 Å². The highest BCUT2D eigenvalue weighted by atomic mass is 15.4. The Kier molecular flexibility index (Phi) is 3.45. The highest BCUT2D eigenvalue weighted by Gasteiger charge is 2.25. The van der Waals surface area contributed by atoms with Gasteiger partial charge in [-0.1, -0.05) is 0 Å². The van der Waals surface area contributed by atoms with Gasteiger partial charge in [0.15, 0.2) is 5.65 Å². The molecule has 8 nitrogen and oxygen atoms in total. The summed E-state index contributed by atoms with van der Waals surface area (Å²) in [5.41, 5.74) is 2.04. The molecule has 23 heavy (non-hydrogen) atoms. The van der Waals surface area contributed by atoms with E-state index in [1.807, 2.05) is 30.1 Å². The van der Waals surface area contributed by atoms with Crippen molar-refractivity contribution in [2.45, 2.75) is 19.5 Å². The zero-order chi connectivity index (χ0) is 15.8. The van der Waals surface area contributed by atoms with Crippen LogP contribution in [0.15, 0.2) is 30.9 Å². The maximum absolute atomic E-state index is 4.61. The quantitative estimate of drug-likeness (QED) is 0.704. The number of rotatable bonds is 3. The third kappa shape index (κ3) is 2.77. The number of aromatic nitrogens is 6. The summed E-state index contributed by atoms with van der Waals surface area (Å²) in [6.07, 6.45) is 5.67. The summed E-state index contributed by atoms with van der Waals surface area (Å²) in [5.74, 6) is 0.978. The number of nitrogens with zero attached hydrogens (tertiary/aromatic N) is 8. The third-order valence-electron chi connectivity index (χ3n) is 4.32. The molecular weight excluding hydrogens is 292 g/mol. The second-order valence-electron chi connectivity index (χ2n) is 6.13. The first-order valence-corrected chi connectivity index (χ1v) is 7.82. The SMILES string of the molecule is C[C@@H]1CN(Cc2cnn(C)c2)CCN1c1ccc2nncn2n1. The number of hydrogen-bond acceptors (Lipinski definition) is 6. The molecule has 0 unspecified atom stereocenters. The molecule has 1 aliphatic heterocycles. The second-order valence-corrected chi connectivity index (χ2v) is 6.13. The van der Waals surface area contributed by atoms with Gasteiger partial charge in [0.25, 0.3) is 0 Å². The van der Waals surface area contributed by atoms with Crippen LogP contribution in [-0.4, -0.2) is 60.2 Å². The molecule has 3 aromatic rings. The van der Waals surface area contributed by atoms with Crippen molar-refractivity contribution in [3.63, 3.8) is 0 Å². The summed E-state index contributed by atoms with van der Waals surface area (Å²) < 4.78 is 3.58. The minimum absolute atomic E-state index is 0.404. The topological polar surface area (TPSA) is 67.4 Å². The molecule has 0 aromatic carbocycles. The van der Waals surface area contributed by atoms with E-state index in [-0.39, 0.29) is 0 Å². The summed E-state index contributed by atoms with van der Waals surface area (Å²) in [4.78, 5) is 4.81. The Morgan fingerprint density at radius 2 is 2.17 bits per heavy atom. The van der Waals surface area contributed by atoms with Crippen LogP contribution >= 0.6 is 0 Å². The molecule has 3 aromatic heterocycles. The van der Waals surface area contributed by atoms with Crippen molar-refractivity contribution in [3.05, 3.63) is 36.4 Å². The predicted molar refractivity (Wildman–Crippen MR) is 86.1 cm³/mol. The molecule has 1 fully saturated rings. The van der Waals surface area contributed by atoms with Crippen LogP contribution in [0.5, 0.6) is 0 Å². The Hall–Kier alpha value is -2.48. The lowest BCUT2D eigenvalue weighted by Gasteiger charge is -2.40. The van der Waals surface area contributed by atoms with Gasteiger partial charge in [-0.3, -0.25) is 9.58 Å². The normalized spacial score (nSPS) is 19.6. The van der Waals surface area contributed by atoms with Crippen molar-refractivity contribution >= 4 is 11.5 Å². The number of piperazine rings is 1. The molecule has 0 bridgehead atoms. The van der Waals surface area contributed by atoms with Gasteiger partial charge in [0.05, 0.1) is 6.20 Å². The van der Waals surface area contributed by atoms with Gasteiger partial charge in [0.1, 0.15) is 12.1 Å². The lowest BCUT2D eigenvalue weighted by atomic mass is 10.1. The first-order chi connectivity index (χ1) is 11.2. The van der Waals surface area contributed by atoms with Gasteiger partial charge in [-0.15, -0.1) is 15.3 Å². The molecule has 0 aliphatic carbocycles. The summed E-state index contributed by atoms with van der Waals surface area (Å²) >= 11 is 0. The number of aryl methyl sites for hydroxylation is 1.